The molecule has 1 saturated heterocycles. The largest absolute Gasteiger partial charge is 0.496 e. The zero-order valence-corrected chi connectivity index (χ0v) is 12.2. The van der Waals surface area contributed by atoms with E-state index in [0.29, 0.717) is 25.8 Å². The summed E-state index contributed by atoms with van der Waals surface area (Å²) in [7, 11) is 1.60. The number of rotatable bonds is 5. The molecule has 5 nitrogen and oxygen atoms in total. The van der Waals surface area contributed by atoms with Gasteiger partial charge in [-0.3, -0.25) is 4.79 Å². The molecule has 1 aliphatic rings. The maximum Gasteiger partial charge on any atom is 0.326 e. The van der Waals surface area contributed by atoms with Crippen molar-refractivity contribution in [3.63, 3.8) is 0 Å². The molecule has 1 amide bonds. The van der Waals surface area contributed by atoms with Crippen LogP contribution in [-0.2, 0) is 16.0 Å². The Morgan fingerprint density at radius 1 is 1.33 bits per heavy atom. The molecule has 1 heterocycles. The maximum atomic E-state index is 12.3. The highest BCUT2D eigenvalue weighted by atomic mass is 16.5. The van der Waals surface area contributed by atoms with E-state index in [1.165, 1.54) is 4.90 Å². The quantitative estimate of drug-likeness (QED) is 0.902. The van der Waals surface area contributed by atoms with E-state index in [1.54, 1.807) is 7.11 Å². The van der Waals surface area contributed by atoms with Crippen molar-refractivity contribution in [1.82, 2.24) is 4.90 Å². The number of amides is 1. The molecule has 114 valence electrons. The molecule has 1 aromatic carbocycles. The first-order valence-electron chi connectivity index (χ1n) is 7.27. The zero-order chi connectivity index (χ0) is 15.2. The Hall–Kier alpha value is -2.04. The molecule has 2 rings (SSSR count). The Kier molecular flexibility index (Phi) is 5.20. The molecule has 1 aromatic rings. The Bertz CT molecular complexity index is 515. The number of methoxy groups -OCH3 is 1. The van der Waals surface area contributed by atoms with Gasteiger partial charge in [0.2, 0.25) is 5.91 Å². The number of hydrogen-bond acceptors (Lipinski definition) is 3. The summed E-state index contributed by atoms with van der Waals surface area (Å²) in [5.41, 5.74) is 0.970. The third kappa shape index (κ3) is 3.74. The lowest BCUT2D eigenvalue weighted by atomic mass is 10.0. The van der Waals surface area contributed by atoms with Gasteiger partial charge in [-0.25, -0.2) is 4.79 Å². The van der Waals surface area contributed by atoms with Crippen molar-refractivity contribution >= 4 is 11.9 Å². The molecular formula is C16H21NO4. The molecule has 0 bridgehead atoms. The summed E-state index contributed by atoms with van der Waals surface area (Å²) < 4.78 is 5.26. The van der Waals surface area contributed by atoms with Crippen LogP contribution in [-0.4, -0.2) is 41.6 Å². The predicted molar refractivity (Wildman–Crippen MR) is 78.3 cm³/mol. The van der Waals surface area contributed by atoms with Crippen LogP contribution in [0.1, 0.15) is 31.2 Å². The number of carbonyl (C=O) groups excluding carboxylic acids is 1. The van der Waals surface area contributed by atoms with Crippen LogP contribution in [0.4, 0.5) is 0 Å². The van der Waals surface area contributed by atoms with Crippen LogP contribution in [0.3, 0.4) is 0 Å². The van der Waals surface area contributed by atoms with Gasteiger partial charge in [0.05, 0.1) is 7.11 Å². The molecule has 5 heteroatoms. The zero-order valence-electron chi connectivity index (χ0n) is 12.2. The lowest BCUT2D eigenvalue weighted by Crippen LogP contribution is -2.48. The smallest absolute Gasteiger partial charge is 0.326 e. The number of para-hydroxylation sites is 1. The molecule has 0 aliphatic carbocycles. The number of nitrogens with zero attached hydrogens (tertiary/aromatic N) is 1. The van der Waals surface area contributed by atoms with Gasteiger partial charge < -0.3 is 14.7 Å². The van der Waals surface area contributed by atoms with Crippen molar-refractivity contribution in [2.45, 2.75) is 38.1 Å². The average Bonchev–Trinajstić information content (AvgIpc) is 2.52. The molecule has 0 aromatic heterocycles. The van der Waals surface area contributed by atoms with Gasteiger partial charge in [0.1, 0.15) is 11.8 Å². The second kappa shape index (κ2) is 7.11. The van der Waals surface area contributed by atoms with E-state index in [2.05, 4.69) is 0 Å². The number of carboxylic acid groups (broad SMARTS) is 1. The van der Waals surface area contributed by atoms with Gasteiger partial charge in [-0.1, -0.05) is 18.2 Å². The highest BCUT2D eigenvalue weighted by molar-refractivity contribution is 5.84. The van der Waals surface area contributed by atoms with E-state index in [1.807, 2.05) is 24.3 Å². The average molecular weight is 291 g/mol. The fourth-order valence-corrected chi connectivity index (χ4v) is 2.78. The number of benzene rings is 1. The van der Waals surface area contributed by atoms with Crippen LogP contribution in [0, 0.1) is 0 Å². The lowest BCUT2D eigenvalue weighted by Gasteiger charge is -2.33. The Morgan fingerprint density at radius 2 is 2.10 bits per heavy atom. The minimum absolute atomic E-state index is 0.0898. The van der Waals surface area contributed by atoms with E-state index in [-0.39, 0.29) is 5.91 Å². The fraction of sp³-hybridized carbons (Fsp3) is 0.500. The van der Waals surface area contributed by atoms with E-state index >= 15 is 0 Å². The summed E-state index contributed by atoms with van der Waals surface area (Å²) in [5.74, 6) is -0.230. The summed E-state index contributed by atoms with van der Waals surface area (Å²) in [4.78, 5) is 25.1. The van der Waals surface area contributed by atoms with Crippen LogP contribution in [0.15, 0.2) is 24.3 Å². The van der Waals surface area contributed by atoms with Crippen LogP contribution >= 0.6 is 0 Å². The van der Waals surface area contributed by atoms with Gasteiger partial charge in [0, 0.05) is 13.0 Å². The van der Waals surface area contributed by atoms with Gasteiger partial charge in [-0.15, -0.1) is 0 Å². The lowest BCUT2D eigenvalue weighted by molar-refractivity contribution is -0.152. The van der Waals surface area contributed by atoms with Crippen molar-refractivity contribution in [2.24, 2.45) is 0 Å². The van der Waals surface area contributed by atoms with Crippen molar-refractivity contribution in [1.29, 1.82) is 0 Å². The number of carbonyl (C=O) groups is 2. The van der Waals surface area contributed by atoms with E-state index in [9.17, 15) is 14.7 Å². The number of aryl methyl sites for hydroxylation is 1. The van der Waals surface area contributed by atoms with Crippen LogP contribution < -0.4 is 4.74 Å². The number of piperidine rings is 1. The summed E-state index contributed by atoms with van der Waals surface area (Å²) in [6.07, 6.45) is 3.17. The van der Waals surface area contributed by atoms with Gasteiger partial charge in [-0.2, -0.15) is 0 Å². The summed E-state index contributed by atoms with van der Waals surface area (Å²) >= 11 is 0. The third-order valence-corrected chi connectivity index (χ3v) is 3.91. The van der Waals surface area contributed by atoms with Crippen LogP contribution in [0.25, 0.3) is 0 Å². The van der Waals surface area contributed by atoms with Crippen LogP contribution in [0.2, 0.25) is 0 Å². The van der Waals surface area contributed by atoms with E-state index in [4.69, 9.17) is 4.74 Å². The monoisotopic (exact) mass is 291 g/mol. The topological polar surface area (TPSA) is 66.8 Å². The maximum absolute atomic E-state index is 12.3. The van der Waals surface area contributed by atoms with E-state index < -0.39 is 12.0 Å². The molecule has 1 N–H and O–H groups in total. The van der Waals surface area contributed by atoms with Gasteiger partial charge in [-0.05, 0) is 37.3 Å². The molecular weight excluding hydrogens is 270 g/mol. The second-order valence-electron chi connectivity index (χ2n) is 5.25. The molecule has 1 fully saturated rings. The normalized spacial score (nSPS) is 18.3. The first-order valence-corrected chi connectivity index (χ1v) is 7.27. The van der Waals surface area contributed by atoms with Crippen molar-refractivity contribution in [3.05, 3.63) is 29.8 Å². The minimum Gasteiger partial charge on any atom is -0.496 e. The predicted octanol–water partition coefficient (Wildman–Crippen LogP) is 2.09. The van der Waals surface area contributed by atoms with E-state index in [0.717, 1.165) is 24.2 Å². The Labute approximate surface area is 124 Å². The van der Waals surface area contributed by atoms with Gasteiger partial charge >= 0.3 is 5.97 Å². The first kappa shape index (κ1) is 15.4. The van der Waals surface area contributed by atoms with Gasteiger partial charge in [0.25, 0.3) is 0 Å². The third-order valence-electron chi connectivity index (χ3n) is 3.91. The number of ether oxygens (including phenoxy) is 1. The first-order chi connectivity index (χ1) is 10.1. The molecule has 0 unspecified atom stereocenters. The number of likely N-dealkylation sites (tertiary alicyclic amines) is 1. The van der Waals surface area contributed by atoms with Crippen LogP contribution in [0.5, 0.6) is 5.75 Å². The molecule has 1 atom stereocenters. The Morgan fingerprint density at radius 3 is 2.81 bits per heavy atom. The molecule has 0 spiro atoms. The Balaban J connectivity index is 1.99. The minimum atomic E-state index is -0.902. The molecule has 0 saturated carbocycles. The molecule has 21 heavy (non-hydrogen) atoms. The SMILES string of the molecule is COc1ccccc1CCC(=O)N1CCCC[C@@H]1C(=O)O. The fourth-order valence-electron chi connectivity index (χ4n) is 2.78. The second-order valence-corrected chi connectivity index (χ2v) is 5.25. The standard InChI is InChI=1S/C16H21NO4/c1-21-14-8-3-2-6-12(14)9-10-15(18)17-11-5-4-7-13(17)16(19)20/h2-3,6,8,13H,4-5,7,9-11H2,1H3,(H,19,20)/t13-/m1/s1. The highest BCUT2D eigenvalue weighted by Gasteiger charge is 2.31. The molecule has 0 radical (unpaired) electrons. The van der Waals surface area contributed by atoms with Crippen molar-refractivity contribution < 1.29 is 19.4 Å². The van der Waals surface area contributed by atoms with Crippen molar-refractivity contribution in [3.8, 4) is 5.75 Å². The highest BCUT2D eigenvalue weighted by Crippen LogP contribution is 2.22. The molecule has 1 aliphatic heterocycles. The number of aliphatic carboxylic acids is 1. The van der Waals surface area contributed by atoms with Crippen molar-refractivity contribution in [2.75, 3.05) is 13.7 Å². The number of hydrogen-bond donors (Lipinski definition) is 1. The summed E-state index contributed by atoms with van der Waals surface area (Å²) in [5, 5.41) is 9.21. The summed E-state index contributed by atoms with van der Waals surface area (Å²) in [6.45, 7) is 0.543. The number of carboxylic acids is 1. The van der Waals surface area contributed by atoms with Gasteiger partial charge in [0.15, 0.2) is 0 Å². The summed E-state index contributed by atoms with van der Waals surface area (Å²) in [6, 6.07) is 6.92.